The quantitative estimate of drug-likeness (QED) is 0.683. The number of nitrogens with zero attached hydrogens (tertiary/aromatic N) is 2. The van der Waals surface area contributed by atoms with Gasteiger partial charge in [-0.2, -0.15) is 11.3 Å². The van der Waals surface area contributed by atoms with Crippen LogP contribution in [0.25, 0.3) is 11.0 Å². The summed E-state index contributed by atoms with van der Waals surface area (Å²) < 4.78 is 2.09. The molecule has 1 aromatic carbocycles. The van der Waals surface area contributed by atoms with Gasteiger partial charge in [-0.05, 0) is 30.5 Å². The van der Waals surface area contributed by atoms with Crippen LogP contribution < -0.4 is 10.6 Å². The minimum atomic E-state index is -0.151. The maximum absolute atomic E-state index is 12.0. The van der Waals surface area contributed by atoms with Gasteiger partial charge in [0, 0.05) is 30.5 Å². The summed E-state index contributed by atoms with van der Waals surface area (Å²) in [5.41, 5.74) is 2.62. The van der Waals surface area contributed by atoms with Gasteiger partial charge in [-0.15, -0.1) is 0 Å². The monoisotopic (exact) mass is 356 g/mol. The first-order valence-corrected chi connectivity index (χ1v) is 9.14. The molecule has 0 aliphatic heterocycles. The SMILES string of the molecule is CCn1c(CNC(=O)CCNC(=O)c2ccsc2)nc2ccccc21. The van der Waals surface area contributed by atoms with E-state index in [4.69, 9.17) is 0 Å². The van der Waals surface area contributed by atoms with E-state index in [0.29, 0.717) is 18.7 Å². The molecule has 7 heteroatoms. The molecule has 0 saturated carbocycles. The fourth-order valence-electron chi connectivity index (χ4n) is 2.66. The lowest BCUT2D eigenvalue weighted by atomic mass is 10.3. The highest BCUT2D eigenvalue weighted by atomic mass is 32.1. The van der Waals surface area contributed by atoms with Crippen molar-refractivity contribution in [2.24, 2.45) is 0 Å². The molecule has 0 radical (unpaired) electrons. The molecule has 25 heavy (non-hydrogen) atoms. The fraction of sp³-hybridized carbons (Fsp3) is 0.278. The van der Waals surface area contributed by atoms with E-state index in [1.54, 1.807) is 11.4 Å². The number of carbonyl (C=O) groups excluding carboxylic acids is 2. The minimum absolute atomic E-state index is 0.111. The Morgan fingerprint density at radius 1 is 1.20 bits per heavy atom. The summed E-state index contributed by atoms with van der Waals surface area (Å²) in [6.07, 6.45) is 0.238. The molecule has 0 spiro atoms. The number of rotatable bonds is 7. The van der Waals surface area contributed by atoms with E-state index in [1.165, 1.54) is 11.3 Å². The number of thiophene rings is 1. The second kappa shape index (κ2) is 7.94. The summed E-state index contributed by atoms with van der Waals surface area (Å²) in [5.74, 6) is 0.571. The van der Waals surface area contributed by atoms with Crippen molar-refractivity contribution < 1.29 is 9.59 Å². The van der Waals surface area contributed by atoms with Gasteiger partial charge in [0.1, 0.15) is 5.82 Å². The van der Waals surface area contributed by atoms with Crippen molar-refractivity contribution in [3.63, 3.8) is 0 Å². The summed E-state index contributed by atoms with van der Waals surface area (Å²) in [6.45, 7) is 3.53. The van der Waals surface area contributed by atoms with Crippen LogP contribution in [0.15, 0.2) is 41.1 Å². The van der Waals surface area contributed by atoms with Crippen molar-refractivity contribution in [3.05, 3.63) is 52.5 Å². The first-order valence-electron chi connectivity index (χ1n) is 8.20. The van der Waals surface area contributed by atoms with Gasteiger partial charge >= 0.3 is 0 Å². The zero-order valence-electron chi connectivity index (χ0n) is 14.0. The van der Waals surface area contributed by atoms with Crippen LogP contribution >= 0.6 is 11.3 Å². The van der Waals surface area contributed by atoms with E-state index in [0.717, 1.165) is 23.4 Å². The molecule has 6 nitrogen and oxygen atoms in total. The largest absolute Gasteiger partial charge is 0.351 e. The molecule has 2 N–H and O–H groups in total. The molecule has 0 fully saturated rings. The van der Waals surface area contributed by atoms with Gasteiger partial charge in [0.05, 0.1) is 17.6 Å². The number of imidazole rings is 1. The predicted molar refractivity (Wildman–Crippen MR) is 98.5 cm³/mol. The molecule has 0 bridgehead atoms. The highest BCUT2D eigenvalue weighted by Gasteiger charge is 2.11. The lowest BCUT2D eigenvalue weighted by Gasteiger charge is -2.08. The number of fused-ring (bicyclic) bond motifs is 1. The standard InChI is InChI=1S/C18H20N4O2S/c1-2-22-15-6-4-3-5-14(15)21-16(22)11-20-17(23)7-9-19-18(24)13-8-10-25-12-13/h3-6,8,10,12H,2,7,9,11H2,1H3,(H,19,24)(H,20,23). The summed E-state index contributed by atoms with van der Waals surface area (Å²) in [4.78, 5) is 28.4. The van der Waals surface area contributed by atoms with Gasteiger partial charge in [0.25, 0.3) is 5.91 Å². The Morgan fingerprint density at radius 2 is 2.04 bits per heavy atom. The molecule has 2 aromatic heterocycles. The average molecular weight is 356 g/mol. The van der Waals surface area contributed by atoms with Crippen LogP contribution in [0.5, 0.6) is 0 Å². The minimum Gasteiger partial charge on any atom is -0.351 e. The molecule has 0 unspecified atom stereocenters. The molecule has 130 valence electrons. The molecule has 3 rings (SSSR count). The highest BCUT2D eigenvalue weighted by Crippen LogP contribution is 2.15. The number of carbonyl (C=O) groups is 2. The topological polar surface area (TPSA) is 76.0 Å². The Kier molecular flexibility index (Phi) is 5.45. The first-order chi connectivity index (χ1) is 12.2. The normalized spacial score (nSPS) is 10.8. The molecular formula is C18H20N4O2S. The van der Waals surface area contributed by atoms with Crippen molar-refractivity contribution in [1.29, 1.82) is 0 Å². The molecule has 0 saturated heterocycles. The van der Waals surface area contributed by atoms with Crippen LogP contribution in [-0.2, 0) is 17.9 Å². The number of benzene rings is 1. The van der Waals surface area contributed by atoms with Crippen molar-refractivity contribution >= 4 is 34.2 Å². The molecule has 2 amide bonds. The zero-order valence-corrected chi connectivity index (χ0v) is 14.8. The van der Waals surface area contributed by atoms with Gasteiger partial charge < -0.3 is 15.2 Å². The van der Waals surface area contributed by atoms with E-state index in [2.05, 4.69) is 27.1 Å². The van der Waals surface area contributed by atoms with Gasteiger partial charge in [0.15, 0.2) is 0 Å². The first kappa shape index (κ1) is 17.2. The van der Waals surface area contributed by atoms with Crippen molar-refractivity contribution in [1.82, 2.24) is 20.2 Å². The zero-order chi connectivity index (χ0) is 17.6. The number of nitrogens with one attached hydrogen (secondary N) is 2. The predicted octanol–water partition coefficient (Wildman–Crippen LogP) is 2.55. The van der Waals surface area contributed by atoms with E-state index in [-0.39, 0.29) is 18.2 Å². The Balaban J connectivity index is 1.50. The average Bonchev–Trinajstić information content (AvgIpc) is 3.27. The van der Waals surface area contributed by atoms with Gasteiger partial charge in [-0.25, -0.2) is 4.98 Å². The van der Waals surface area contributed by atoms with Crippen molar-refractivity contribution in [2.45, 2.75) is 26.4 Å². The molecular weight excluding hydrogens is 336 g/mol. The molecule has 0 aliphatic rings. The lowest BCUT2D eigenvalue weighted by molar-refractivity contribution is -0.121. The van der Waals surface area contributed by atoms with Crippen LogP contribution in [0.1, 0.15) is 29.5 Å². The van der Waals surface area contributed by atoms with Crippen molar-refractivity contribution in [3.8, 4) is 0 Å². The number of aromatic nitrogens is 2. The number of hydrogen-bond acceptors (Lipinski definition) is 4. The van der Waals surface area contributed by atoms with E-state index in [1.807, 2.05) is 29.6 Å². The van der Waals surface area contributed by atoms with Crippen molar-refractivity contribution in [2.75, 3.05) is 6.54 Å². The number of amides is 2. The second-order valence-corrected chi connectivity index (χ2v) is 6.34. The molecule has 0 aliphatic carbocycles. The smallest absolute Gasteiger partial charge is 0.252 e. The molecule has 0 atom stereocenters. The molecule has 2 heterocycles. The maximum Gasteiger partial charge on any atom is 0.252 e. The summed E-state index contributed by atoms with van der Waals surface area (Å²) in [7, 11) is 0. The van der Waals surface area contributed by atoms with Crippen LogP contribution in [0.4, 0.5) is 0 Å². The number of hydrogen-bond donors (Lipinski definition) is 2. The van der Waals surface area contributed by atoms with Gasteiger partial charge in [0.2, 0.25) is 5.91 Å². The maximum atomic E-state index is 12.0. The Bertz CT molecular complexity index is 870. The number of para-hydroxylation sites is 2. The lowest BCUT2D eigenvalue weighted by Crippen LogP contribution is -2.30. The van der Waals surface area contributed by atoms with Crippen LogP contribution in [0.3, 0.4) is 0 Å². The van der Waals surface area contributed by atoms with E-state index in [9.17, 15) is 9.59 Å². The Hall–Kier alpha value is -2.67. The second-order valence-electron chi connectivity index (χ2n) is 5.56. The van der Waals surface area contributed by atoms with Gasteiger partial charge in [-0.1, -0.05) is 12.1 Å². The van der Waals surface area contributed by atoms with Crippen LogP contribution in [-0.4, -0.2) is 27.9 Å². The number of aryl methyl sites for hydroxylation is 1. The highest BCUT2D eigenvalue weighted by molar-refractivity contribution is 7.08. The summed E-state index contributed by atoms with van der Waals surface area (Å²) in [6, 6.07) is 9.68. The van der Waals surface area contributed by atoms with E-state index >= 15 is 0 Å². The Morgan fingerprint density at radius 3 is 2.80 bits per heavy atom. The third-order valence-corrected chi connectivity index (χ3v) is 4.60. The Labute approximate surface area is 149 Å². The summed E-state index contributed by atoms with van der Waals surface area (Å²) >= 11 is 1.47. The summed E-state index contributed by atoms with van der Waals surface area (Å²) in [5, 5.41) is 9.25. The van der Waals surface area contributed by atoms with E-state index < -0.39 is 0 Å². The third-order valence-electron chi connectivity index (χ3n) is 3.91. The van der Waals surface area contributed by atoms with Crippen LogP contribution in [0.2, 0.25) is 0 Å². The fourth-order valence-corrected chi connectivity index (χ4v) is 3.30. The third kappa shape index (κ3) is 4.06. The molecule has 3 aromatic rings. The van der Waals surface area contributed by atoms with Gasteiger partial charge in [-0.3, -0.25) is 9.59 Å². The van der Waals surface area contributed by atoms with Crippen LogP contribution in [0, 0.1) is 0 Å².